The molecule has 0 atom stereocenters. The highest BCUT2D eigenvalue weighted by atomic mass is 31.2. The van der Waals surface area contributed by atoms with E-state index in [2.05, 4.69) is 6.92 Å². The van der Waals surface area contributed by atoms with Crippen LogP contribution in [0.4, 0.5) is 0 Å². The lowest BCUT2D eigenvalue weighted by molar-refractivity contribution is 0.286. The van der Waals surface area contributed by atoms with Crippen molar-refractivity contribution in [3.63, 3.8) is 0 Å². The number of hydrogen-bond acceptors (Lipinski definition) is 3. The summed E-state index contributed by atoms with van der Waals surface area (Å²) < 4.78 is 21.4. The Morgan fingerprint density at radius 2 is 1.14 bits per heavy atom. The van der Waals surface area contributed by atoms with E-state index < -0.39 is 7.60 Å². The molecule has 0 heterocycles. The van der Waals surface area contributed by atoms with Gasteiger partial charge in [0, 0.05) is 20.0 Å². The summed E-state index contributed by atoms with van der Waals surface area (Å²) in [5, 5.41) is 0. The third kappa shape index (κ3) is 13.5. The molecule has 0 amide bonds. The molecule has 0 saturated heterocycles. The molecule has 0 unspecified atom stereocenters. The monoisotopic (exact) mass is 332 g/mol. The van der Waals surface area contributed by atoms with E-state index in [0.717, 1.165) is 12.8 Å². The van der Waals surface area contributed by atoms with Gasteiger partial charge in [-0.1, -0.05) is 83.6 Å². The highest BCUT2D eigenvalue weighted by Gasteiger charge is 2.14. The molecule has 0 aliphatic heterocycles. The Kier molecular flexibility index (Phi) is 15.7. The average molecular weight is 332 g/mol. The lowest BCUT2D eigenvalue weighted by Gasteiger charge is -2.07. The van der Waals surface area contributed by atoms with Crippen molar-refractivity contribution in [2.24, 2.45) is 0 Å². The van der Waals surface area contributed by atoms with Gasteiger partial charge in [-0.15, -0.1) is 0 Å². The van der Waals surface area contributed by atoms with Crippen LogP contribution in [-0.4, -0.2) is 14.2 Å². The minimum Gasteiger partial charge on any atom is -0.309 e. The van der Waals surface area contributed by atoms with Crippen molar-refractivity contribution in [2.75, 3.05) is 14.2 Å². The Hall–Kier alpha value is -0.110. The first-order valence-electron chi connectivity index (χ1n) is 9.07. The first-order valence-corrected chi connectivity index (χ1v) is 10.7. The van der Waals surface area contributed by atoms with Crippen LogP contribution in [0.2, 0.25) is 0 Å². The predicted molar refractivity (Wildman–Crippen MR) is 96.5 cm³/mol. The maximum atomic E-state index is 11.7. The van der Waals surface area contributed by atoms with E-state index in [1.165, 1.54) is 84.8 Å². The van der Waals surface area contributed by atoms with E-state index in [1.54, 1.807) is 5.82 Å². The third-order valence-electron chi connectivity index (χ3n) is 4.02. The quantitative estimate of drug-likeness (QED) is 0.224. The van der Waals surface area contributed by atoms with Crippen LogP contribution in [0.5, 0.6) is 0 Å². The summed E-state index contributed by atoms with van der Waals surface area (Å²) >= 11 is 0. The highest BCUT2D eigenvalue weighted by molar-refractivity contribution is 7.57. The fourth-order valence-electron chi connectivity index (χ4n) is 2.50. The molecule has 0 aromatic heterocycles. The van der Waals surface area contributed by atoms with Gasteiger partial charge in [0.05, 0.1) is 0 Å². The zero-order valence-corrected chi connectivity index (χ0v) is 15.9. The van der Waals surface area contributed by atoms with Crippen molar-refractivity contribution in [3.05, 3.63) is 11.9 Å². The molecule has 0 fully saturated rings. The highest BCUT2D eigenvalue weighted by Crippen LogP contribution is 2.47. The molecule has 0 spiro atoms. The van der Waals surface area contributed by atoms with Gasteiger partial charge in [0.2, 0.25) is 0 Å². The third-order valence-corrected chi connectivity index (χ3v) is 5.62. The minimum atomic E-state index is -2.95. The van der Waals surface area contributed by atoms with Gasteiger partial charge in [-0.05, 0) is 12.8 Å². The van der Waals surface area contributed by atoms with E-state index in [1.807, 2.05) is 6.08 Å². The van der Waals surface area contributed by atoms with Gasteiger partial charge < -0.3 is 9.05 Å². The van der Waals surface area contributed by atoms with E-state index in [9.17, 15) is 4.57 Å². The van der Waals surface area contributed by atoms with Gasteiger partial charge in [0.25, 0.3) is 0 Å². The SMILES string of the molecule is CCCCCCCCCCCCCC/C=C/P(=O)(OC)OC. The van der Waals surface area contributed by atoms with Crippen LogP contribution >= 0.6 is 7.60 Å². The number of allylic oxidation sites excluding steroid dienone is 1. The average Bonchev–Trinajstić information content (AvgIpc) is 2.55. The molecule has 0 rings (SSSR count). The largest absolute Gasteiger partial charge is 0.353 e. The van der Waals surface area contributed by atoms with Gasteiger partial charge in [-0.2, -0.15) is 0 Å². The van der Waals surface area contributed by atoms with Crippen molar-refractivity contribution in [3.8, 4) is 0 Å². The summed E-state index contributed by atoms with van der Waals surface area (Å²) in [4.78, 5) is 0. The van der Waals surface area contributed by atoms with Crippen LogP contribution in [0.25, 0.3) is 0 Å². The van der Waals surface area contributed by atoms with Crippen LogP contribution in [-0.2, 0) is 13.6 Å². The zero-order valence-electron chi connectivity index (χ0n) is 15.0. The summed E-state index contributed by atoms with van der Waals surface area (Å²) in [6.07, 6.45) is 19.1. The predicted octanol–water partition coefficient (Wildman–Crippen LogP) is 7.08. The zero-order chi connectivity index (χ0) is 16.5. The van der Waals surface area contributed by atoms with E-state index in [0.29, 0.717) is 0 Å². The first-order chi connectivity index (χ1) is 10.7. The summed E-state index contributed by atoms with van der Waals surface area (Å²) in [6, 6.07) is 0. The number of hydrogen-bond donors (Lipinski definition) is 0. The Morgan fingerprint density at radius 3 is 1.55 bits per heavy atom. The van der Waals surface area contributed by atoms with E-state index in [-0.39, 0.29) is 0 Å². The molecule has 22 heavy (non-hydrogen) atoms. The van der Waals surface area contributed by atoms with Crippen molar-refractivity contribution in [1.29, 1.82) is 0 Å². The van der Waals surface area contributed by atoms with Gasteiger partial charge in [-0.3, -0.25) is 4.57 Å². The van der Waals surface area contributed by atoms with E-state index in [4.69, 9.17) is 9.05 Å². The van der Waals surface area contributed by atoms with Crippen LogP contribution in [0.15, 0.2) is 11.9 Å². The summed E-state index contributed by atoms with van der Waals surface area (Å²) in [5.41, 5.74) is 0. The molecule has 0 aliphatic carbocycles. The van der Waals surface area contributed by atoms with Crippen LogP contribution in [0, 0.1) is 0 Å². The van der Waals surface area contributed by atoms with Crippen LogP contribution in [0.3, 0.4) is 0 Å². The van der Waals surface area contributed by atoms with Crippen molar-refractivity contribution in [2.45, 2.75) is 90.4 Å². The maximum Gasteiger partial charge on any atom is 0.353 e. The molecular formula is C18H37O3P. The van der Waals surface area contributed by atoms with Crippen molar-refractivity contribution in [1.82, 2.24) is 0 Å². The van der Waals surface area contributed by atoms with Crippen molar-refractivity contribution >= 4 is 7.60 Å². The number of unbranched alkanes of at least 4 members (excludes halogenated alkanes) is 12. The Balaban J connectivity index is 3.27. The molecule has 0 saturated carbocycles. The van der Waals surface area contributed by atoms with Gasteiger partial charge in [0.15, 0.2) is 0 Å². The molecule has 3 nitrogen and oxygen atoms in total. The summed E-state index contributed by atoms with van der Waals surface area (Å²) in [7, 11) is -0.116. The Labute approximate surface area is 138 Å². The smallest absolute Gasteiger partial charge is 0.309 e. The molecule has 0 N–H and O–H groups in total. The molecule has 0 bridgehead atoms. The topological polar surface area (TPSA) is 35.5 Å². The van der Waals surface area contributed by atoms with Gasteiger partial charge in [-0.25, -0.2) is 0 Å². The molecule has 0 aromatic rings. The molecule has 4 heteroatoms. The fourth-order valence-corrected chi connectivity index (χ4v) is 3.30. The first kappa shape index (κ1) is 21.9. The van der Waals surface area contributed by atoms with E-state index >= 15 is 0 Å². The normalized spacial score (nSPS) is 12.3. The molecule has 0 radical (unpaired) electrons. The second-order valence-corrected chi connectivity index (χ2v) is 8.08. The van der Waals surface area contributed by atoms with Crippen LogP contribution < -0.4 is 0 Å². The second-order valence-electron chi connectivity index (χ2n) is 5.97. The summed E-state index contributed by atoms with van der Waals surface area (Å²) in [6.45, 7) is 2.27. The van der Waals surface area contributed by atoms with Gasteiger partial charge in [0.1, 0.15) is 0 Å². The summed E-state index contributed by atoms with van der Waals surface area (Å²) in [5.74, 6) is 1.57. The Morgan fingerprint density at radius 1 is 0.727 bits per heavy atom. The van der Waals surface area contributed by atoms with Crippen molar-refractivity contribution < 1.29 is 13.6 Å². The molecular weight excluding hydrogens is 295 g/mol. The second kappa shape index (κ2) is 15.8. The molecule has 0 aromatic carbocycles. The van der Waals surface area contributed by atoms with Gasteiger partial charge >= 0.3 is 7.60 Å². The lowest BCUT2D eigenvalue weighted by atomic mass is 10.0. The molecule has 0 aliphatic rings. The number of rotatable bonds is 16. The fraction of sp³-hybridized carbons (Fsp3) is 0.889. The lowest BCUT2D eigenvalue weighted by Crippen LogP contribution is -1.84. The van der Waals surface area contributed by atoms with Crippen LogP contribution in [0.1, 0.15) is 90.4 Å². The maximum absolute atomic E-state index is 11.7. The Bertz CT molecular complexity index is 295. The molecule has 132 valence electrons. The minimum absolute atomic E-state index is 0.953. The standard InChI is InChI=1S/C18H37O3P/c1-4-5-6-7-8-9-10-11-12-13-14-15-16-17-18-22(19,20-2)21-3/h17-18H,4-16H2,1-3H3/b18-17+.